The number of fused-ring (bicyclic) bond motifs is 4. The molecule has 47 heteroatoms. The number of hydrogen-bond donors (Lipinski definition) is 8. The molecule has 30 nitrogen and oxygen atoms in total. The Morgan fingerprint density at radius 2 is 0.728 bits per heavy atom. The lowest BCUT2D eigenvalue weighted by Gasteiger charge is -2.11. The normalized spacial score (nSPS) is 13.5. The molecule has 12 N–H and O–H groups in total. The summed E-state index contributed by atoms with van der Waals surface area (Å²) in [7, 11) is 0. The van der Waals surface area contributed by atoms with Crippen molar-refractivity contribution in [2.45, 2.75) is 88.0 Å². The number of ether oxygens (including phenoxy) is 2. The van der Waals surface area contributed by atoms with Gasteiger partial charge in [0.25, 0.3) is 0 Å². The summed E-state index contributed by atoms with van der Waals surface area (Å²) in [5.41, 5.74) is 24.5. The van der Waals surface area contributed by atoms with Crippen LogP contribution in [0.5, 0.6) is 11.5 Å². The van der Waals surface area contributed by atoms with Gasteiger partial charge < -0.3 is 53.7 Å². The molecule has 9 heterocycles. The first-order valence-corrected chi connectivity index (χ1v) is 37.0. The van der Waals surface area contributed by atoms with E-state index in [-0.39, 0.29) is 100 Å². The van der Waals surface area contributed by atoms with Crippen molar-refractivity contribution in [1.82, 2.24) is 97.8 Å². The van der Waals surface area contributed by atoms with E-state index in [9.17, 15) is 74.6 Å². The number of anilines is 12. The third-order valence-corrected chi connectivity index (χ3v) is 18.6. The summed E-state index contributed by atoms with van der Waals surface area (Å²) < 4.78 is 237. The lowest BCUT2D eigenvalue weighted by atomic mass is 10.2. The molecule has 3 fully saturated rings. The molecule has 0 saturated heterocycles. The Hall–Kier alpha value is -15.5. The van der Waals surface area contributed by atoms with Crippen molar-refractivity contribution in [3.8, 4) is 40.9 Å². The van der Waals surface area contributed by atoms with Crippen LogP contribution < -0.4 is 53.7 Å². The molecule has 0 amide bonds. The van der Waals surface area contributed by atoms with E-state index in [1.54, 1.807) is 31.9 Å². The predicted molar refractivity (Wildman–Crippen MR) is 418 cm³/mol. The Labute approximate surface area is 689 Å². The van der Waals surface area contributed by atoms with Gasteiger partial charge in [0, 0.05) is 71.0 Å². The van der Waals surface area contributed by atoms with Crippen LogP contribution in [0.25, 0.3) is 68.1 Å². The van der Waals surface area contributed by atoms with Gasteiger partial charge in [-0.1, -0.05) is 6.07 Å². The Morgan fingerprint density at radius 3 is 1.10 bits per heavy atom. The summed E-state index contributed by atoms with van der Waals surface area (Å²) in [6.45, 7) is -6.05. The molecule has 9 aromatic heterocycles. The zero-order chi connectivity index (χ0) is 88.1. The second kappa shape index (κ2) is 33.5. The Balaban J connectivity index is 0.000000123. The largest absolute Gasteiger partial charge is 0.435 e. The highest BCUT2D eigenvalue weighted by molar-refractivity contribution is 5.81. The van der Waals surface area contributed by atoms with Crippen LogP contribution >= 0.6 is 0 Å². The van der Waals surface area contributed by atoms with Gasteiger partial charge in [0.05, 0.1) is 44.2 Å². The van der Waals surface area contributed by atoms with E-state index < -0.39 is 95.1 Å². The molecule has 0 unspecified atom stereocenters. The quantitative estimate of drug-likeness (QED) is 0.0349. The van der Waals surface area contributed by atoms with Gasteiger partial charge in [-0.15, -0.1) is 0 Å². The minimum atomic E-state index is -4.80. The number of hydrogen-bond acceptors (Lipinski definition) is 26. The fraction of sp³-hybridized carbons (Fsp3) is 0.179. The molecule has 19 rings (SSSR count). The van der Waals surface area contributed by atoms with Crippen LogP contribution in [-0.4, -0.2) is 111 Å². The van der Waals surface area contributed by atoms with Crippen molar-refractivity contribution in [3.63, 3.8) is 0 Å². The van der Waals surface area contributed by atoms with E-state index in [1.807, 2.05) is 0 Å². The van der Waals surface area contributed by atoms with Gasteiger partial charge >= 0.3 is 31.8 Å². The molecule has 640 valence electrons. The summed E-state index contributed by atoms with van der Waals surface area (Å²) >= 11 is 0. The van der Waals surface area contributed by atoms with Crippen molar-refractivity contribution in [3.05, 3.63) is 228 Å². The van der Waals surface area contributed by atoms with Gasteiger partial charge in [0.1, 0.15) is 52.0 Å². The summed E-state index contributed by atoms with van der Waals surface area (Å²) in [5, 5.41) is 11.2. The van der Waals surface area contributed by atoms with Crippen LogP contribution in [0.15, 0.2) is 170 Å². The highest BCUT2D eigenvalue weighted by atomic mass is 19.4. The molecule has 3 saturated carbocycles. The molecule has 0 radical (unpaired) electrons. The zero-order valence-corrected chi connectivity index (χ0v) is 63.3. The number of nitrogens with two attached hydrogens (primary N) is 4. The fourth-order valence-electron chi connectivity index (χ4n) is 12.7. The number of halogens is 17. The van der Waals surface area contributed by atoms with Gasteiger partial charge in [-0.25, -0.2) is 37.5 Å². The first-order valence-electron chi connectivity index (χ1n) is 37.0. The Morgan fingerprint density at radius 1 is 0.360 bits per heavy atom. The number of aromatic nitrogens is 20. The van der Waals surface area contributed by atoms with E-state index >= 15 is 0 Å². The van der Waals surface area contributed by atoms with E-state index in [1.165, 1.54) is 103 Å². The fourth-order valence-corrected chi connectivity index (χ4v) is 12.7. The van der Waals surface area contributed by atoms with Gasteiger partial charge in [-0.05, 0) is 172 Å². The maximum absolute atomic E-state index is 14.0. The van der Waals surface area contributed by atoms with Gasteiger partial charge in [-0.2, -0.15) is 117 Å². The van der Waals surface area contributed by atoms with Crippen LogP contribution in [0.1, 0.15) is 90.6 Å². The molecule has 0 bridgehead atoms. The minimum absolute atomic E-state index is 0.0149. The van der Waals surface area contributed by atoms with Crippen LogP contribution in [0, 0.1) is 23.3 Å². The van der Waals surface area contributed by atoms with Crippen LogP contribution in [0.4, 0.5) is 145 Å². The standard InChI is InChI=1S/C20H15F4N7O.C20H15F4N7.C20H16F3N7O.C18H11F6N7/c21-10-3-5-13-14(7-10)31(16(27-13)9-1-2-9)20-29-18(25)28-19(30-20)26-11-4-6-15(12(22)8-11)32-17(23)24;21-12-5-8-14-15(9-12)31(16(27-14)10-1-2-10)19-29-17(25)28-18(30-19)26-13-6-3-11(4-7-13)20(22,23)24;21-11-3-8-14-15(9-11)30(16(26-14)10-1-2-10)20-28-18(24)27-19(29-20)25-12-4-6-13(7-5-12)31-17(22)23;19-17(20,21)9-4-6-10(7-5-9)26-16-29-14(28-15(25)30-16)12-13(18(22,23)24)27-11-3-1-2-8-31(11)12/h3-9,17H,1-2H2,(H3,25,26,28,29,30);3-10H,1-2H2,(H3,25,26,28,29,30);3-10,17H,1-2H2,(H3,24,25,27,28,29);1-8H,(H3,25,26,28,29,30). The zero-order valence-electron chi connectivity index (χ0n) is 63.3. The predicted octanol–water partition coefficient (Wildman–Crippen LogP) is 17.6. The lowest BCUT2D eigenvalue weighted by molar-refractivity contribution is -0.140. The molecule has 7 aromatic carbocycles. The third kappa shape index (κ3) is 19.3. The number of benzene rings is 7. The SMILES string of the molecule is Nc1nc(Nc2ccc(C(F)(F)F)cc2)nc(-c2c(C(F)(F)F)nc3ccccn23)n1.Nc1nc(Nc2ccc(C(F)(F)F)cc2)nc(-n2c(C3CC3)nc3ccc(F)cc32)n1.Nc1nc(Nc2ccc(OC(F)F)c(F)c2)nc(-n2c(C3CC3)nc3ccc(F)cc32)n1.Nc1nc(Nc2ccc(OC(F)F)cc2)nc(-n2c(C3CC3)nc3ccc(F)cc32)n1. The maximum atomic E-state index is 14.0. The highest BCUT2D eigenvalue weighted by Crippen LogP contribution is 2.46. The summed E-state index contributed by atoms with van der Waals surface area (Å²) in [5.74, 6) is -0.736. The van der Waals surface area contributed by atoms with Crippen molar-refractivity contribution in [2.75, 3.05) is 44.2 Å². The van der Waals surface area contributed by atoms with Gasteiger partial charge in [-0.3, -0.25) is 18.1 Å². The molecule has 0 atom stereocenters. The average molecular weight is 1740 g/mol. The van der Waals surface area contributed by atoms with E-state index in [0.29, 0.717) is 56.1 Å². The smallest absolute Gasteiger partial charge is 0.435 e. The van der Waals surface area contributed by atoms with E-state index in [0.717, 1.165) is 97.3 Å². The van der Waals surface area contributed by atoms with Crippen molar-refractivity contribution in [1.29, 1.82) is 0 Å². The van der Waals surface area contributed by atoms with E-state index in [4.69, 9.17) is 22.9 Å². The number of nitrogens with zero attached hydrogens (tertiary/aromatic N) is 20. The second-order valence-electron chi connectivity index (χ2n) is 27.7. The molecule has 3 aliphatic carbocycles. The number of nitrogen functional groups attached to an aromatic ring is 4. The number of nitrogens with one attached hydrogen (secondary N) is 4. The van der Waals surface area contributed by atoms with Crippen LogP contribution in [0.2, 0.25) is 0 Å². The monoisotopic (exact) mass is 1740 g/mol. The first-order chi connectivity index (χ1) is 59.6. The summed E-state index contributed by atoms with van der Waals surface area (Å²) in [6, 6.07) is 34.7. The molecule has 16 aromatic rings. The molecular weight excluding hydrogens is 1680 g/mol. The molecule has 0 aliphatic heterocycles. The lowest BCUT2D eigenvalue weighted by Crippen LogP contribution is -2.11. The molecule has 3 aliphatic rings. The number of rotatable bonds is 19. The number of alkyl halides is 13. The second-order valence-corrected chi connectivity index (χ2v) is 27.7. The molecule has 0 spiro atoms. The van der Waals surface area contributed by atoms with Crippen molar-refractivity contribution < 1.29 is 84.1 Å². The van der Waals surface area contributed by atoms with Crippen molar-refractivity contribution >= 4 is 109 Å². The summed E-state index contributed by atoms with van der Waals surface area (Å²) in [4.78, 5) is 66.8. The van der Waals surface area contributed by atoms with Crippen LogP contribution in [0.3, 0.4) is 0 Å². The number of pyridine rings is 1. The van der Waals surface area contributed by atoms with Crippen LogP contribution in [-0.2, 0) is 18.5 Å². The van der Waals surface area contributed by atoms with Gasteiger partial charge in [0.2, 0.25) is 65.4 Å². The third-order valence-electron chi connectivity index (χ3n) is 18.6. The highest BCUT2D eigenvalue weighted by Gasteiger charge is 2.41. The minimum Gasteiger partial charge on any atom is -0.435 e. The first kappa shape index (κ1) is 83.2. The Bertz CT molecular complexity index is 6700. The molecule has 125 heavy (non-hydrogen) atoms. The van der Waals surface area contributed by atoms with E-state index in [2.05, 4.69) is 110 Å². The molecular formula is C78H57F17N28O2. The number of imidazole rings is 4. The van der Waals surface area contributed by atoms with Gasteiger partial charge in [0.15, 0.2) is 23.1 Å². The summed E-state index contributed by atoms with van der Waals surface area (Å²) in [6.07, 6.45) is -6.67. The maximum Gasteiger partial charge on any atom is 0.435 e. The Kier molecular flexibility index (Phi) is 22.3. The average Bonchev–Trinajstić information content (AvgIpc) is 1.60. The topological polar surface area (TPSA) is 396 Å². The van der Waals surface area contributed by atoms with Crippen molar-refractivity contribution in [2.24, 2.45) is 0 Å².